The average Bonchev–Trinajstić information content (AvgIpc) is 2.67. The Labute approximate surface area is 129 Å². The van der Waals surface area contributed by atoms with E-state index in [1.54, 1.807) is 19.1 Å². The highest BCUT2D eigenvalue weighted by molar-refractivity contribution is 7.89. The van der Waals surface area contributed by atoms with Gasteiger partial charge in [0.15, 0.2) is 0 Å². The molecule has 1 aromatic carbocycles. The first-order valence-electron chi connectivity index (χ1n) is 6.85. The lowest BCUT2D eigenvalue weighted by Crippen LogP contribution is -2.44. The number of rotatable bonds is 3. The summed E-state index contributed by atoms with van der Waals surface area (Å²) in [5.41, 5.74) is 0.451. The number of sulfonamides is 1. The summed E-state index contributed by atoms with van der Waals surface area (Å²) < 4.78 is 26.8. The van der Waals surface area contributed by atoms with E-state index in [0.717, 1.165) is 17.1 Å². The highest BCUT2D eigenvalue weighted by Gasteiger charge is 2.37. The summed E-state index contributed by atoms with van der Waals surface area (Å²) in [4.78, 5) is 11.5. The lowest BCUT2D eigenvalue weighted by Gasteiger charge is -2.26. The molecule has 0 aromatic heterocycles. The topological polar surface area (TPSA) is 74.7 Å². The fraction of sp³-hybridized carbons (Fsp3) is 0.500. The Bertz CT molecular complexity index is 644. The molecular formula is C14H18ClNO4S. The van der Waals surface area contributed by atoms with Gasteiger partial charge in [-0.05, 0) is 37.5 Å². The maximum Gasteiger partial charge on any atom is 0.322 e. The zero-order valence-electron chi connectivity index (χ0n) is 11.8. The zero-order chi connectivity index (χ0) is 15.6. The first-order chi connectivity index (χ1) is 9.85. The Morgan fingerprint density at radius 2 is 2.05 bits per heavy atom. The number of benzene rings is 1. The minimum atomic E-state index is -3.86. The Morgan fingerprint density at radius 3 is 2.71 bits per heavy atom. The molecule has 0 amide bonds. The highest BCUT2D eigenvalue weighted by atomic mass is 35.5. The van der Waals surface area contributed by atoms with Crippen molar-refractivity contribution in [2.75, 3.05) is 6.54 Å². The van der Waals surface area contributed by atoms with E-state index in [1.165, 1.54) is 6.07 Å². The van der Waals surface area contributed by atoms with Crippen LogP contribution >= 0.6 is 11.6 Å². The van der Waals surface area contributed by atoms with Crippen LogP contribution in [0.15, 0.2) is 23.1 Å². The summed E-state index contributed by atoms with van der Waals surface area (Å²) >= 11 is 5.99. The summed E-state index contributed by atoms with van der Waals surface area (Å²) in [5, 5.41) is 9.69. The van der Waals surface area contributed by atoms with Crippen LogP contribution in [-0.4, -0.2) is 36.4 Å². The lowest BCUT2D eigenvalue weighted by atomic mass is 10.1. The van der Waals surface area contributed by atoms with Crippen molar-refractivity contribution in [2.24, 2.45) is 0 Å². The van der Waals surface area contributed by atoms with Crippen LogP contribution in [0.25, 0.3) is 0 Å². The maximum atomic E-state index is 12.8. The maximum absolute atomic E-state index is 12.8. The summed E-state index contributed by atoms with van der Waals surface area (Å²) in [6, 6.07) is 3.65. The third kappa shape index (κ3) is 3.22. The van der Waals surface area contributed by atoms with Gasteiger partial charge in [0.05, 0.1) is 4.90 Å². The molecule has 7 heteroatoms. The van der Waals surface area contributed by atoms with Crippen LogP contribution in [0.2, 0.25) is 5.02 Å². The zero-order valence-corrected chi connectivity index (χ0v) is 13.3. The van der Waals surface area contributed by atoms with Gasteiger partial charge in [-0.1, -0.05) is 30.5 Å². The van der Waals surface area contributed by atoms with Crippen molar-refractivity contribution >= 4 is 27.6 Å². The first kappa shape index (κ1) is 16.3. The Balaban J connectivity index is 2.49. The highest BCUT2D eigenvalue weighted by Crippen LogP contribution is 2.29. The third-order valence-electron chi connectivity index (χ3n) is 3.79. The van der Waals surface area contributed by atoms with Crippen LogP contribution in [0.4, 0.5) is 0 Å². The van der Waals surface area contributed by atoms with Gasteiger partial charge < -0.3 is 5.11 Å². The molecule has 1 aliphatic heterocycles. The molecule has 2 rings (SSSR count). The van der Waals surface area contributed by atoms with Gasteiger partial charge in [0.2, 0.25) is 10.0 Å². The minimum Gasteiger partial charge on any atom is -0.480 e. The van der Waals surface area contributed by atoms with E-state index < -0.39 is 22.0 Å². The van der Waals surface area contributed by atoms with Crippen molar-refractivity contribution in [3.8, 4) is 0 Å². The van der Waals surface area contributed by atoms with Crippen molar-refractivity contribution in [3.05, 3.63) is 28.8 Å². The molecule has 1 fully saturated rings. The van der Waals surface area contributed by atoms with Gasteiger partial charge in [0.1, 0.15) is 6.04 Å². The lowest BCUT2D eigenvalue weighted by molar-refractivity contribution is -0.141. The fourth-order valence-electron chi connectivity index (χ4n) is 2.61. The third-order valence-corrected chi connectivity index (χ3v) is 6.26. The molecule has 1 saturated heterocycles. The number of aliphatic carboxylic acids is 1. The van der Waals surface area contributed by atoms with Crippen molar-refractivity contribution in [1.29, 1.82) is 0 Å². The Hall–Kier alpha value is -1.11. The van der Waals surface area contributed by atoms with E-state index in [-0.39, 0.29) is 11.4 Å². The second-order valence-corrected chi connectivity index (χ2v) is 7.45. The predicted molar refractivity (Wildman–Crippen MR) is 80.0 cm³/mol. The summed E-state index contributed by atoms with van der Waals surface area (Å²) in [6.45, 7) is 1.86. The van der Waals surface area contributed by atoms with E-state index in [0.29, 0.717) is 23.4 Å². The Morgan fingerprint density at radius 1 is 1.33 bits per heavy atom. The molecule has 1 unspecified atom stereocenters. The van der Waals surface area contributed by atoms with Crippen molar-refractivity contribution in [3.63, 3.8) is 0 Å². The second-order valence-electron chi connectivity index (χ2n) is 5.18. The molecule has 1 aliphatic rings. The molecule has 21 heavy (non-hydrogen) atoms. The van der Waals surface area contributed by atoms with Gasteiger partial charge in [-0.25, -0.2) is 8.42 Å². The van der Waals surface area contributed by atoms with E-state index in [9.17, 15) is 18.3 Å². The second kappa shape index (κ2) is 6.34. The molecule has 0 radical (unpaired) electrons. The van der Waals surface area contributed by atoms with E-state index in [4.69, 9.17) is 11.6 Å². The van der Waals surface area contributed by atoms with E-state index >= 15 is 0 Å². The number of carboxylic acid groups (broad SMARTS) is 1. The van der Waals surface area contributed by atoms with Crippen LogP contribution in [0.5, 0.6) is 0 Å². The normalized spacial score (nSPS) is 21.0. The Kier molecular flexibility index (Phi) is 4.91. The molecule has 1 N–H and O–H groups in total. The molecule has 0 aliphatic carbocycles. The summed E-state index contributed by atoms with van der Waals surface area (Å²) in [5.74, 6) is -1.10. The standard InChI is InChI=1S/C14H18ClNO4S/c1-10-11(15)6-5-8-13(10)21(19,20)16-9-4-2-3-7-12(16)14(17)18/h5-6,8,12H,2-4,7,9H2,1H3,(H,17,18). The number of hydrogen-bond acceptors (Lipinski definition) is 3. The van der Waals surface area contributed by atoms with Crippen LogP contribution < -0.4 is 0 Å². The number of halogens is 1. The van der Waals surface area contributed by atoms with Gasteiger partial charge in [-0.15, -0.1) is 0 Å². The fourth-order valence-corrected chi connectivity index (χ4v) is 4.74. The number of carbonyl (C=O) groups is 1. The minimum absolute atomic E-state index is 0.0862. The van der Waals surface area contributed by atoms with Crippen LogP contribution in [0.3, 0.4) is 0 Å². The van der Waals surface area contributed by atoms with Crippen LogP contribution in [-0.2, 0) is 14.8 Å². The van der Waals surface area contributed by atoms with Gasteiger partial charge in [-0.2, -0.15) is 4.31 Å². The van der Waals surface area contributed by atoms with Crippen molar-refractivity contribution < 1.29 is 18.3 Å². The molecule has 0 bridgehead atoms. The molecule has 1 atom stereocenters. The van der Waals surface area contributed by atoms with Crippen LogP contribution in [0, 0.1) is 6.92 Å². The monoisotopic (exact) mass is 331 g/mol. The SMILES string of the molecule is Cc1c(Cl)cccc1S(=O)(=O)N1CCCCCC1C(=O)O. The summed E-state index contributed by atoms with van der Waals surface area (Å²) in [6.07, 6.45) is 2.57. The molecular weight excluding hydrogens is 314 g/mol. The van der Waals surface area contributed by atoms with E-state index in [1.807, 2.05) is 0 Å². The predicted octanol–water partition coefficient (Wildman–Crippen LogP) is 2.67. The van der Waals surface area contributed by atoms with Gasteiger partial charge in [0, 0.05) is 11.6 Å². The first-order valence-corrected chi connectivity index (χ1v) is 8.67. The van der Waals surface area contributed by atoms with E-state index in [2.05, 4.69) is 0 Å². The smallest absolute Gasteiger partial charge is 0.322 e. The quantitative estimate of drug-likeness (QED) is 0.924. The van der Waals surface area contributed by atoms with Crippen molar-refractivity contribution in [1.82, 2.24) is 4.31 Å². The molecule has 1 aromatic rings. The number of carboxylic acids is 1. The van der Waals surface area contributed by atoms with Gasteiger partial charge in [-0.3, -0.25) is 4.79 Å². The molecule has 0 spiro atoms. The van der Waals surface area contributed by atoms with Gasteiger partial charge in [0.25, 0.3) is 0 Å². The van der Waals surface area contributed by atoms with Crippen LogP contribution in [0.1, 0.15) is 31.2 Å². The number of hydrogen-bond donors (Lipinski definition) is 1. The largest absolute Gasteiger partial charge is 0.480 e. The summed E-state index contributed by atoms with van der Waals surface area (Å²) in [7, 11) is -3.86. The molecule has 1 heterocycles. The van der Waals surface area contributed by atoms with Crippen molar-refractivity contribution in [2.45, 2.75) is 43.5 Å². The molecule has 0 saturated carbocycles. The molecule has 5 nitrogen and oxygen atoms in total. The number of nitrogens with zero attached hydrogens (tertiary/aromatic N) is 1. The van der Waals surface area contributed by atoms with Gasteiger partial charge >= 0.3 is 5.97 Å². The average molecular weight is 332 g/mol. The molecule has 116 valence electrons.